The van der Waals surface area contributed by atoms with Crippen molar-refractivity contribution in [3.8, 4) is 5.75 Å². The van der Waals surface area contributed by atoms with Crippen molar-refractivity contribution in [3.63, 3.8) is 0 Å². The highest BCUT2D eigenvalue weighted by atomic mass is 32.2. The Balaban J connectivity index is 1.82. The molecule has 0 unspecified atom stereocenters. The Labute approximate surface area is 199 Å². The normalized spacial score (nSPS) is 15.0. The van der Waals surface area contributed by atoms with E-state index in [0.717, 1.165) is 12.3 Å². The highest BCUT2D eigenvalue weighted by Crippen LogP contribution is 2.27. The Kier molecular flexibility index (Phi) is 7.53. The van der Waals surface area contributed by atoms with Crippen LogP contribution in [0.25, 0.3) is 0 Å². The summed E-state index contributed by atoms with van der Waals surface area (Å²) in [6, 6.07) is 7.90. The molecule has 9 nitrogen and oxygen atoms in total. The molecule has 1 N–H and O–H groups in total. The third-order valence-electron chi connectivity index (χ3n) is 5.38. The van der Waals surface area contributed by atoms with Gasteiger partial charge < -0.3 is 14.5 Å². The van der Waals surface area contributed by atoms with Gasteiger partial charge in [0.2, 0.25) is 10.0 Å². The molecule has 0 aromatic heterocycles. The first-order chi connectivity index (χ1) is 15.8. The van der Waals surface area contributed by atoms with Gasteiger partial charge in [0, 0.05) is 32.4 Å². The van der Waals surface area contributed by atoms with Gasteiger partial charge >= 0.3 is 0 Å². The second-order valence-corrected chi connectivity index (χ2v) is 12.1. The van der Waals surface area contributed by atoms with Crippen LogP contribution in [0.1, 0.15) is 24.2 Å². The maximum absolute atomic E-state index is 14.6. The third kappa shape index (κ3) is 5.68. The summed E-state index contributed by atoms with van der Waals surface area (Å²) < 4.78 is 70.3. The maximum atomic E-state index is 14.6. The lowest BCUT2D eigenvalue weighted by Gasteiger charge is -2.36. The Morgan fingerprint density at radius 2 is 1.62 bits per heavy atom. The Bertz CT molecular complexity index is 1290. The van der Waals surface area contributed by atoms with Gasteiger partial charge in [-0.2, -0.15) is 0 Å². The van der Waals surface area contributed by atoms with E-state index in [1.54, 1.807) is 23.6 Å². The quantitative estimate of drug-likeness (QED) is 0.602. The second-order valence-electron chi connectivity index (χ2n) is 8.20. The van der Waals surface area contributed by atoms with Gasteiger partial charge in [0.1, 0.15) is 11.6 Å². The number of hydrogen-bond donors (Lipinski definition) is 1. The van der Waals surface area contributed by atoms with E-state index in [0.29, 0.717) is 13.1 Å². The fourth-order valence-corrected chi connectivity index (χ4v) is 5.00. The van der Waals surface area contributed by atoms with Crippen molar-refractivity contribution in [2.75, 3.05) is 44.4 Å². The lowest BCUT2D eigenvalue weighted by molar-refractivity contribution is 0.0740. The third-order valence-corrected chi connectivity index (χ3v) is 7.90. The highest BCUT2D eigenvalue weighted by molar-refractivity contribution is 7.90. The zero-order valence-corrected chi connectivity index (χ0v) is 21.0. The fourth-order valence-electron chi connectivity index (χ4n) is 3.61. The summed E-state index contributed by atoms with van der Waals surface area (Å²) in [5, 5.41) is 0. The molecule has 1 amide bonds. The number of hydrogen-bond acceptors (Lipinski definition) is 7. The van der Waals surface area contributed by atoms with E-state index in [9.17, 15) is 26.0 Å². The van der Waals surface area contributed by atoms with Crippen molar-refractivity contribution in [3.05, 3.63) is 47.8 Å². The molecule has 0 aliphatic carbocycles. The van der Waals surface area contributed by atoms with Gasteiger partial charge in [-0.3, -0.25) is 4.79 Å². The number of ether oxygens (including phenoxy) is 1. The van der Waals surface area contributed by atoms with Crippen LogP contribution in [0.3, 0.4) is 0 Å². The molecule has 3 rings (SSSR count). The van der Waals surface area contributed by atoms with E-state index in [1.807, 2.05) is 0 Å². The number of amides is 1. The first-order valence-electron chi connectivity index (χ1n) is 10.6. The van der Waals surface area contributed by atoms with E-state index in [-0.39, 0.29) is 46.0 Å². The maximum Gasteiger partial charge on any atom is 0.257 e. The summed E-state index contributed by atoms with van der Waals surface area (Å²) in [4.78, 5) is 16.4. The molecular formula is C22H28FN3O6S2. The van der Waals surface area contributed by atoms with Crippen LogP contribution in [0.15, 0.2) is 46.2 Å². The van der Waals surface area contributed by atoms with Crippen LogP contribution in [0.4, 0.5) is 10.1 Å². The van der Waals surface area contributed by atoms with E-state index >= 15 is 0 Å². The largest absolute Gasteiger partial charge is 0.490 e. The number of anilines is 1. The number of nitrogens with one attached hydrogen (secondary N) is 1. The number of sulfonamides is 1. The predicted octanol–water partition coefficient (Wildman–Crippen LogP) is 1.89. The van der Waals surface area contributed by atoms with Crippen LogP contribution >= 0.6 is 0 Å². The number of rotatable bonds is 7. The summed E-state index contributed by atoms with van der Waals surface area (Å²) in [6.45, 7) is 4.75. The summed E-state index contributed by atoms with van der Waals surface area (Å²) in [5.74, 6) is -0.767. The molecule has 2 aromatic carbocycles. The first kappa shape index (κ1) is 25.9. The minimum Gasteiger partial charge on any atom is -0.490 e. The average molecular weight is 514 g/mol. The van der Waals surface area contributed by atoms with Crippen LogP contribution < -0.4 is 14.4 Å². The number of halogens is 1. The molecule has 0 atom stereocenters. The van der Waals surface area contributed by atoms with Gasteiger partial charge in [0.25, 0.3) is 5.91 Å². The van der Waals surface area contributed by atoms with E-state index in [1.165, 1.54) is 37.4 Å². The van der Waals surface area contributed by atoms with Crippen LogP contribution in [0.5, 0.6) is 5.75 Å². The van der Waals surface area contributed by atoms with Gasteiger partial charge in [0.05, 0.1) is 27.1 Å². The predicted molar refractivity (Wildman–Crippen MR) is 126 cm³/mol. The molecule has 12 heteroatoms. The first-order valence-corrected chi connectivity index (χ1v) is 14.0. The Morgan fingerprint density at radius 1 is 1.00 bits per heavy atom. The topological polar surface area (TPSA) is 113 Å². The van der Waals surface area contributed by atoms with Gasteiger partial charge in [0.15, 0.2) is 9.84 Å². The zero-order chi connectivity index (χ0) is 25.3. The zero-order valence-electron chi connectivity index (χ0n) is 19.4. The van der Waals surface area contributed by atoms with Gasteiger partial charge in [-0.25, -0.2) is 25.9 Å². The summed E-state index contributed by atoms with van der Waals surface area (Å²) in [6.07, 6.45) is 0.785. The van der Waals surface area contributed by atoms with Crippen LogP contribution in [0.2, 0.25) is 0 Å². The van der Waals surface area contributed by atoms with Crippen molar-refractivity contribution in [2.45, 2.75) is 29.7 Å². The van der Waals surface area contributed by atoms with E-state index < -0.39 is 31.6 Å². The van der Waals surface area contributed by atoms with Crippen molar-refractivity contribution in [2.24, 2.45) is 0 Å². The van der Waals surface area contributed by atoms with Crippen molar-refractivity contribution >= 4 is 31.5 Å². The van der Waals surface area contributed by atoms with Crippen molar-refractivity contribution in [1.82, 2.24) is 9.62 Å². The Hall–Kier alpha value is -2.70. The lowest BCUT2D eigenvalue weighted by atomic mass is 10.1. The van der Waals surface area contributed by atoms with Crippen LogP contribution in [-0.4, -0.2) is 73.2 Å². The summed E-state index contributed by atoms with van der Waals surface area (Å²) in [5.41, 5.74) is 0.382. The monoisotopic (exact) mass is 513 g/mol. The lowest BCUT2D eigenvalue weighted by Crippen LogP contribution is -2.49. The second kappa shape index (κ2) is 9.88. The molecule has 0 radical (unpaired) electrons. The van der Waals surface area contributed by atoms with Crippen molar-refractivity contribution < 1.29 is 30.8 Å². The minimum absolute atomic E-state index is 0.0545. The molecule has 1 saturated heterocycles. The molecule has 2 aromatic rings. The number of carbonyl (C=O) groups is 1. The number of sulfone groups is 1. The smallest absolute Gasteiger partial charge is 0.257 e. The van der Waals surface area contributed by atoms with Gasteiger partial charge in [-0.1, -0.05) is 0 Å². The molecule has 0 saturated carbocycles. The molecule has 1 heterocycles. The molecule has 0 spiro atoms. The standard InChI is InChI=1S/C22H28FN3O6S2/c1-15(2)32-21-8-6-17(34(30,31)24-3)13-18(21)22(27)26-11-9-25(10-12-26)20-7-5-16(14-19(20)23)33(4,28)29/h5-8,13-15,24H,9-12H2,1-4H3. The summed E-state index contributed by atoms with van der Waals surface area (Å²) in [7, 11) is -6.00. The van der Waals surface area contributed by atoms with Gasteiger partial charge in [-0.05, 0) is 57.3 Å². The number of nitrogens with zero attached hydrogens (tertiary/aromatic N) is 2. The Morgan fingerprint density at radius 3 is 2.15 bits per heavy atom. The summed E-state index contributed by atoms with van der Waals surface area (Å²) >= 11 is 0. The minimum atomic E-state index is -3.76. The number of piperazine rings is 1. The van der Waals surface area contributed by atoms with E-state index in [4.69, 9.17) is 4.74 Å². The molecule has 186 valence electrons. The van der Waals surface area contributed by atoms with Crippen LogP contribution in [-0.2, 0) is 19.9 Å². The number of benzene rings is 2. The molecular weight excluding hydrogens is 485 g/mol. The molecule has 1 fully saturated rings. The average Bonchev–Trinajstić information content (AvgIpc) is 2.78. The molecule has 0 bridgehead atoms. The van der Waals surface area contributed by atoms with Crippen LogP contribution in [0, 0.1) is 5.82 Å². The highest BCUT2D eigenvalue weighted by Gasteiger charge is 2.27. The van der Waals surface area contributed by atoms with Gasteiger partial charge in [-0.15, -0.1) is 0 Å². The van der Waals surface area contributed by atoms with E-state index in [2.05, 4.69) is 4.72 Å². The number of carbonyl (C=O) groups excluding carboxylic acids is 1. The molecule has 1 aliphatic heterocycles. The fraction of sp³-hybridized carbons (Fsp3) is 0.409. The molecule has 1 aliphatic rings. The molecule has 34 heavy (non-hydrogen) atoms. The van der Waals surface area contributed by atoms with Crippen molar-refractivity contribution in [1.29, 1.82) is 0 Å². The SMILES string of the molecule is CNS(=O)(=O)c1ccc(OC(C)C)c(C(=O)N2CCN(c3ccc(S(C)(=O)=O)cc3F)CC2)c1.